The van der Waals surface area contributed by atoms with Crippen molar-refractivity contribution in [2.75, 3.05) is 5.32 Å². The van der Waals surface area contributed by atoms with Crippen molar-refractivity contribution in [3.63, 3.8) is 0 Å². The molecular formula is C24H38N4O5. The quantitative estimate of drug-likeness (QED) is 0.131. The molecule has 0 saturated carbocycles. The second-order valence-corrected chi connectivity index (χ2v) is 8.80. The van der Waals surface area contributed by atoms with Gasteiger partial charge in [-0.1, -0.05) is 77.6 Å². The fraction of sp³-hybridized carbons (Fsp3) is 0.708. The molecule has 0 aliphatic rings. The predicted molar refractivity (Wildman–Crippen MR) is 128 cm³/mol. The minimum Gasteiger partial charge on any atom is -0.481 e. The van der Waals surface area contributed by atoms with Gasteiger partial charge in [-0.2, -0.15) is 0 Å². The van der Waals surface area contributed by atoms with Gasteiger partial charge in [0, 0.05) is 18.5 Å². The SMILES string of the molecule is CCCCCCC(CCCCCCCCCCC(=O)O)Nc1ccc([N+](=O)[O-])c2nonc12. The van der Waals surface area contributed by atoms with Gasteiger partial charge in [-0.3, -0.25) is 14.9 Å². The highest BCUT2D eigenvalue weighted by Gasteiger charge is 2.21. The molecular weight excluding hydrogens is 424 g/mol. The number of fused-ring (bicyclic) bond motifs is 1. The molecule has 1 aromatic heterocycles. The molecule has 184 valence electrons. The normalized spacial score (nSPS) is 12.2. The number of benzene rings is 1. The lowest BCUT2D eigenvalue weighted by Gasteiger charge is -2.20. The molecule has 0 amide bonds. The number of aliphatic carboxylic acids is 1. The summed E-state index contributed by atoms with van der Waals surface area (Å²) in [4.78, 5) is 21.3. The lowest BCUT2D eigenvalue weighted by Crippen LogP contribution is -2.20. The van der Waals surface area contributed by atoms with Gasteiger partial charge < -0.3 is 10.4 Å². The first-order chi connectivity index (χ1) is 16.0. The molecule has 2 N–H and O–H groups in total. The Morgan fingerprint density at radius 3 is 2.15 bits per heavy atom. The average molecular weight is 463 g/mol. The smallest absolute Gasteiger partial charge is 0.303 e. The highest BCUT2D eigenvalue weighted by Crippen LogP contribution is 2.30. The summed E-state index contributed by atoms with van der Waals surface area (Å²) < 4.78 is 4.79. The van der Waals surface area contributed by atoms with Crippen LogP contribution in [0.2, 0.25) is 0 Å². The lowest BCUT2D eigenvalue weighted by molar-refractivity contribution is -0.383. The number of unbranched alkanes of at least 4 members (excludes halogenated alkanes) is 10. The maximum absolute atomic E-state index is 11.2. The van der Waals surface area contributed by atoms with Crippen molar-refractivity contribution in [3.8, 4) is 0 Å². The molecule has 9 nitrogen and oxygen atoms in total. The third-order valence-electron chi connectivity index (χ3n) is 6.05. The maximum Gasteiger partial charge on any atom is 0.303 e. The number of hydrogen-bond donors (Lipinski definition) is 2. The Labute approximate surface area is 195 Å². The summed E-state index contributed by atoms with van der Waals surface area (Å²) in [5.41, 5.74) is 1.22. The summed E-state index contributed by atoms with van der Waals surface area (Å²) in [5.74, 6) is -0.706. The number of carbonyl (C=O) groups is 1. The Kier molecular flexibility index (Phi) is 12.2. The fourth-order valence-corrected chi connectivity index (χ4v) is 4.17. The summed E-state index contributed by atoms with van der Waals surface area (Å²) in [6, 6.07) is 3.44. The first-order valence-electron chi connectivity index (χ1n) is 12.4. The average Bonchev–Trinajstić information content (AvgIpc) is 3.27. The molecule has 1 unspecified atom stereocenters. The number of hydrogen-bond acceptors (Lipinski definition) is 7. The van der Waals surface area contributed by atoms with E-state index in [1.807, 2.05) is 0 Å². The van der Waals surface area contributed by atoms with E-state index in [4.69, 9.17) is 9.74 Å². The number of carboxylic acid groups (broad SMARTS) is 1. The number of nitro groups is 1. The van der Waals surface area contributed by atoms with Crippen molar-refractivity contribution < 1.29 is 19.5 Å². The van der Waals surface area contributed by atoms with Crippen LogP contribution in [0.25, 0.3) is 11.0 Å². The first kappa shape index (κ1) is 26.5. The molecule has 1 aromatic carbocycles. The van der Waals surface area contributed by atoms with E-state index in [-0.39, 0.29) is 23.7 Å². The first-order valence-corrected chi connectivity index (χ1v) is 12.4. The van der Waals surface area contributed by atoms with Gasteiger partial charge in [-0.05, 0) is 35.6 Å². The van der Waals surface area contributed by atoms with E-state index >= 15 is 0 Å². The maximum atomic E-state index is 11.2. The van der Waals surface area contributed by atoms with Gasteiger partial charge >= 0.3 is 11.7 Å². The van der Waals surface area contributed by atoms with Crippen LogP contribution in [-0.4, -0.2) is 32.4 Å². The summed E-state index contributed by atoms with van der Waals surface area (Å²) in [5, 5.41) is 31.1. The van der Waals surface area contributed by atoms with Crippen molar-refractivity contribution in [1.82, 2.24) is 10.3 Å². The van der Waals surface area contributed by atoms with Crippen LogP contribution in [0.3, 0.4) is 0 Å². The zero-order chi connectivity index (χ0) is 23.9. The van der Waals surface area contributed by atoms with Gasteiger partial charge in [0.1, 0.15) is 0 Å². The molecule has 0 saturated heterocycles. The van der Waals surface area contributed by atoms with Gasteiger partial charge in [0.15, 0.2) is 5.52 Å². The van der Waals surface area contributed by atoms with Crippen LogP contribution in [0.4, 0.5) is 11.4 Å². The van der Waals surface area contributed by atoms with Crippen LogP contribution in [0.5, 0.6) is 0 Å². The van der Waals surface area contributed by atoms with Crippen LogP contribution in [0.1, 0.15) is 103 Å². The van der Waals surface area contributed by atoms with Gasteiger partial charge in [0.25, 0.3) is 0 Å². The van der Waals surface area contributed by atoms with Crippen molar-refractivity contribution in [1.29, 1.82) is 0 Å². The summed E-state index contributed by atoms with van der Waals surface area (Å²) in [7, 11) is 0. The van der Waals surface area contributed by atoms with Crippen molar-refractivity contribution >= 4 is 28.4 Å². The van der Waals surface area contributed by atoms with Gasteiger partial charge in [0.05, 0.1) is 10.6 Å². The summed E-state index contributed by atoms with van der Waals surface area (Å²) in [6.07, 6.45) is 15.9. The van der Waals surface area contributed by atoms with E-state index < -0.39 is 10.9 Å². The fourth-order valence-electron chi connectivity index (χ4n) is 4.17. The van der Waals surface area contributed by atoms with Crippen molar-refractivity contribution in [2.45, 2.75) is 109 Å². The Balaban J connectivity index is 1.80. The van der Waals surface area contributed by atoms with E-state index in [1.54, 1.807) is 6.07 Å². The van der Waals surface area contributed by atoms with Crippen molar-refractivity contribution in [2.24, 2.45) is 0 Å². The van der Waals surface area contributed by atoms with Gasteiger partial charge in [-0.25, -0.2) is 4.63 Å². The number of nitrogens with zero attached hydrogens (tertiary/aromatic N) is 3. The summed E-state index contributed by atoms with van der Waals surface area (Å²) >= 11 is 0. The number of non-ortho nitro benzene ring substituents is 1. The Hall–Kier alpha value is -2.71. The highest BCUT2D eigenvalue weighted by molar-refractivity contribution is 5.93. The second kappa shape index (κ2) is 15.2. The third kappa shape index (κ3) is 9.75. The molecule has 9 heteroatoms. The van der Waals surface area contributed by atoms with E-state index in [0.29, 0.717) is 5.52 Å². The predicted octanol–water partition coefficient (Wildman–Crippen LogP) is 6.87. The second-order valence-electron chi connectivity index (χ2n) is 8.80. The largest absolute Gasteiger partial charge is 0.481 e. The number of rotatable bonds is 19. The van der Waals surface area contributed by atoms with E-state index in [1.165, 1.54) is 44.6 Å². The van der Waals surface area contributed by atoms with Crippen LogP contribution in [-0.2, 0) is 4.79 Å². The van der Waals surface area contributed by atoms with E-state index in [0.717, 1.165) is 57.1 Å². The lowest BCUT2D eigenvalue weighted by atomic mass is 9.99. The molecule has 33 heavy (non-hydrogen) atoms. The number of nitrogens with one attached hydrogen (secondary N) is 1. The molecule has 0 fully saturated rings. The molecule has 1 heterocycles. The Morgan fingerprint density at radius 1 is 0.970 bits per heavy atom. The zero-order valence-corrected chi connectivity index (χ0v) is 19.8. The monoisotopic (exact) mass is 462 g/mol. The van der Waals surface area contributed by atoms with E-state index in [2.05, 4.69) is 22.6 Å². The number of nitro benzene ring substituents is 1. The number of carboxylic acids is 1. The zero-order valence-electron chi connectivity index (χ0n) is 19.8. The minimum atomic E-state index is -0.706. The Morgan fingerprint density at radius 2 is 1.55 bits per heavy atom. The number of aromatic nitrogens is 2. The molecule has 2 rings (SSSR count). The highest BCUT2D eigenvalue weighted by atomic mass is 16.6. The molecule has 2 aromatic rings. The molecule has 1 atom stereocenters. The molecule has 0 bridgehead atoms. The standard InChI is InChI=1S/C24H38N4O5/c1-2-3-4-11-14-19(15-12-9-7-5-6-8-10-13-16-22(29)30)25-20-17-18-21(28(31)32)24-23(20)26-33-27-24/h17-19,25H,2-16H2,1H3,(H,29,30). The van der Waals surface area contributed by atoms with E-state index in [9.17, 15) is 14.9 Å². The number of anilines is 1. The van der Waals surface area contributed by atoms with Gasteiger partial charge in [0.2, 0.25) is 5.52 Å². The van der Waals surface area contributed by atoms with Crippen molar-refractivity contribution in [3.05, 3.63) is 22.2 Å². The topological polar surface area (TPSA) is 131 Å². The van der Waals surface area contributed by atoms with Crippen LogP contribution >= 0.6 is 0 Å². The minimum absolute atomic E-state index is 0.0979. The summed E-state index contributed by atoms with van der Waals surface area (Å²) in [6.45, 7) is 2.20. The molecule has 0 spiro atoms. The molecule has 0 radical (unpaired) electrons. The third-order valence-corrected chi connectivity index (χ3v) is 6.05. The van der Waals surface area contributed by atoms with Gasteiger partial charge in [-0.15, -0.1) is 0 Å². The molecule has 0 aliphatic heterocycles. The Bertz CT molecular complexity index is 854. The van der Waals surface area contributed by atoms with Crippen LogP contribution < -0.4 is 5.32 Å². The van der Waals surface area contributed by atoms with Crippen LogP contribution in [0, 0.1) is 10.1 Å². The molecule has 0 aliphatic carbocycles. The van der Waals surface area contributed by atoms with Crippen LogP contribution in [0.15, 0.2) is 16.8 Å².